The Morgan fingerprint density at radius 2 is 2.11 bits per heavy atom. The van der Waals surface area contributed by atoms with Crippen molar-refractivity contribution < 1.29 is 9.47 Å². The summed E-state index contributed by atoms with van der Waals surface area (Å²) in [6.45, 7) is 7.84. The van der Waals surface area contributed by atoms with Gasteiger partial charge in [0.25, 0.3) is 0 Å². The Kier molecular flexibility index (Phi) is 5.67. The van der Waals surface area contributed by atoms with E-state index < -0.39 is 0 Å². The van der Waals surface area contributed by atoms with Crippen molar-refractivity contribution in [2.45, 2.75) is 32.7 Å². The molecule has 1 N–H and O–H groups in total. The van der Waals surface area contributed by atoms with E-state index in [9.17, 15) is 0 Å². The van der Waals surface area contributed by atoms with Gasteiger partial charge in [-0.15, -0.1) is 0 Å². The molecule has 3 heteroatoms. The van der Waals surface area contributed by atoms with Crippen molar-refractivity contribution >= 4 is 0 Å². The zero-order valence-corrected chi connectivity index (χ0v) is 12.0. The van der Waals surface area contributed by atoms with E-state index >= 15 is 0 Å². The molecule has 1 aliphatic rings. The second-order valence-corrected chi connectivity index (χ2v) is 5.13. The highest BCUT2D eigenvalue weighted by Crippen LogP contribution is 2.21. The van der Waals surface area contributed by atoms with Crippen LogP contribution in [0.2, 0.25) is 0 Å². The van der Waals surface area contributed by atoms with Crippen LogP contribution in [0, 0.1) is 5.92 Å². The van der Waals surface area contributed by atoms with Gasteiger partial charge in [0.1, 0.15) is 5.75 Å². The second-order valence-electron chi connectivity index (χ2n) is 5.13. The molecule has 0 aromatic heterocycles. The lowest BCUT2D eigenvalue weighted by atomic mass is 10.0. The summed E-state index contributed by atoms with van der Waals surface area (Å²) >= 11 is 0. The van der Waals surface area contributed by atoms with Crippen LogP contribution in [0.3, 0.4) is 0 Å². The first kappa shape index (κ1) is 14.4. The molecule has 106 valence electrons. The van der Waals surface area contributed by atoms with Crippen LogP contribution in [0.15, 0.2) is 24.3 Å². The van der Waals surface area contributed by atoms with E-state index in [1.807, 2.05) is 0 Å². The number of rotatable bonds is 7. The summed E-state index contributed by atoms with van der Waals surface area (Å²) in [5.74, 6) is 1.52. The Labute approximate surface area is 116 Å². The zero-order chi connectivity index (χ0) is 13.5. The maximum absolute atomic E-state index is 5.82. The summed E-state index contributed by atoms with van der Waals surface area (Å²) in [6.07, 6.45) is 2.23. The molecule has 0 aliphatic carbocycles. The molecule has 0 radical (unpaired) electrons. The van der Waals surface area contributed by atoms with Crippen LogP contribution in [-0.4, -0.2) is 26.4 Å². The zero-order valence-electron chi connectivity index (χ0n) is 12.0. The van der Waals surface area contributed by atoms with Gasteiger partial charge in [0, 0.05) is 18.6 Å². The third kappa shape index (κ3) is 4.22. The van der Waals surface area contributed by atoms with Gasteiger partial charge in [-0.2, -0.15) is 0 Å². The predicted molar refractivity (Wildman–Crippen MR) is 77.6 cm³/mol. The fourth-order valence-corrected chi connectivity index (χ4v) is 2.47. The van der Waals surface area contributed by atoms with Crippen LogP contribution < -0.4 is 10.1 Å². The van der Waals surface area contributed by atoms with Gasteiger partial charge in [0.15, 0.2) is 0 Å². The van der Waals surface area contributed by atoms with Gasteiger partial charge >= 0.3 is 0 Å². The molecule has 1 aromatic rings. The van der Waals surface area contributed by atoms with Crippen LogP contribution in [0.25, 0.3) is 0 Å². The first-order chi connectivity index (χ1) is 9.33. The van der Waals surface area contributed by atoms with E-state index in [0.29, 0.717) is 12.0 Å². The van der Waals surface area contributed by atoms with E-state index in [2.05, 4.69) is 43.4 Å². The Hall–Kier alpha value is -1.06. The van der Waals surface area contributed by atoms with Crippen LogP contribution >= 0.6 is 0 Å². The summed E-state index contributed by atoms with van der Waals surface area (Å²) in [4.78, 5) is 0. The minimum atomic E-state index is 0.447. The van der Waals surface area contributed by atoms with Crippen molar-refractivity contribution in [3.8, 4) is 5.75 Å². The quantitative estimate of drug-likeness (QED) is 0.819. The topological polar surface area (TPSA) is 30.5 Å². The van der Waals surface area contributed by atoms with E-state index in [1.165, 1.54) is 5.56 Å². The maximum atomic E-state index is 5.82. The van der Waals surface area contributed by atoms with Gasteiger partial charge in [-0.1, -0.05) is 26.0 Å². The summed E-state index contributed by atoms with van der Waals surface area (Å²) < 4.78 is 11.2. The second kappa shape index (κ2) is 7.51. The van der Waals surface area contributed by atoms with Crippen molar-refractivity contribution in [3.63, 3.8) is 0 Å². The van der Waals surface area contributed by atoms with Crippen molar-refractivity contribution in [3.05, 3.63) is 29.8 Å². The molecule has 1 fully saturated rings. The van der Waals surface area contributed by atoms with Crippen molar-refractivity contribution in [2.24, 2.45) is 5.92 Å². The fraction of sp³-hybridized carbons (Fsp3) is 0.625. The van der Waals surface area contributed by atoms with Crippen LogP contribution in [0.5, 0.6) is 5.75 Å². The molecule has 1 saturated heterocycles. The first-order valence-corrected chi connectivity index (χ1v) is 7.37. The van der Waals surface area contributed by atoms with Gasteiger partial charge in [-0.3, -0.25) is 0 Å². The minimum absolute atomic E-state index is 0.447. The van der Waals surface area contributed by atoms with Gasteiger partial charge in [-0.05, 0) is 37.1 Å². The number of hydrogen-bond donors (Lipinski definition) is 1. The molecule has 2 unspecified atom stereocenters. The number of ether oxygens (including phenoxy) is 2. The van der Waals surface area contributed by atoms with E-state index in [-0.39, 0.29) is 0 Å². The lowest BCUT2D eigenvalue weighted by Gasteiger charge is -2.17. The third-order valence-corrected chi connectivity index (χ3v) is 3.65. The molecular weight excluding hydrogens is 238 g/mol. The van der Waals surface area contributed by atoms with E-state index in [0.717, 1.165) is 45.0 Å². The lowest BCUT2D eigenvalue weighted by molar-refractivity contribution is 0.167. The molecule has 0 saturated carbocycles. The van der Waals surface area contributed by atoms with E-state index in [1.54, 1.807) is 0 Å². The van der Waals surface area contributed by atoms with Gasteiger partial charge < -0.3 is 14.8 Å². The highest BCUT2D eigenvalue weighted by molar-refractivity contribution is 5.29. The molecule has 0 spiro atoms. The lowest BCUT2D eigenvalue weighted by Crippen LogP contribution is -2.19. The number of hydrogen-bond acceptors (Lipinski definition) is 3. The van der Waals surface area contributed by atoms with Crippen LogP contribution in [0.1, 0.15) is 38.3 Å². The number of benzene rings is 1. The predicted octanol–water partition coefficient (Wildman–Crippen LogP) is 3.16. The van der Waals surface area contributed by atoms with Crippen molar-refractivity contribution in [1.82, 2.24) is 5.32 Å². The average Bonchev–Trinajstić information content (AvgIpc) is 2.96. The molecular formula is C16H25NO2. The van der Waals surface area contributed by atoms with Crippen LogP contribution in [-0.2, 0) is 4.74 Å². The van der Waals surface area contributed by atoms with Crippen LogP contribution in [0.4, 0.5) is 0 Å². The fourth-order valence-electron chi connectivity index (χ4n) is 2.47. The Morgan fingerprint density at radius 1 is 1.32 bits per heavy atom. The summed E-state index contributed by atoms with van der Waals surface area (Å²) in [5.41, 5.74) is 1.33. The highest BCUT2D eigenvalue weighted by Gasteiger charge is 2.16. The van der Waals surface area contributed by atoms with Gasteiger partial charge in [0.05, 0.1) is 13.2 Å². The molecule has 0 amide bonds. The SMILES string of the molecule is CCNC(CC)c1ccc(OCC2CCOC2)cc1. The van der Waals surface area contributed by atoms with Gasteiger partial charge in [-0.25, -0.2) is 0 Å². The minimum Gasteiger partial charge on any atom is -0.493 e. The average molecular weight is 263 g/mol. The highest BCUT2D eigenvalue weighted by atomic mass is 16.5. The largest absolute Gasteiger partial charge is 0.493 e. The first-order valence-electron chi connectivity index (χ1n) is 7.37. The monoisotopic (exact) mass is 263 g/mol. The Morgan fingerprint density at radius 3 is 2.68 bits per heavy atom. The Bertz CT molecular complexity index is 358. The third-order valence-electron chi connectivity index (χ3n) is 3.65. The summed E-state index contributed by atoms with van der Waals surface area (Å²) in [5, 5.41) is 3.49. The Balaban J connectivity index is 1.86. The molecule has 1 aromatic carbocycles. The normalized spacial score (nSPS) is 20.4. The number of nitrogens with one attached hydrogen (secondary N) is 1. The molecule has 3 nitrogen and oxygen atoms in total. The van der Waals surface area contributed by atoms with Gasteiger partial charge in [0.2, 0.25) is 0 Å². The smallest absolute Gasteiger partial charge is 0.119 e. The molecule has 2 rings (SSSR count). The summed E-state index contributed by atoms with van der Waals surface area (Å²) in [6, 6.07) is 8.92. The van der Waals surface area contributed by atoms with Crippen molar-refractivity contribution in [2.75, 3.05) is 26.4 Å². The molecule has 19 heavy (non-hydrogen) atoms. The standard InChI is InChI=1S/C16H25NO2/c1-3-16(17-4-2)14-5-7-15(8-6-14)19-12-13-9-10-18-11-13/h5-8,13,16-17H,3-4,9-12H2,1-2H3. The van der Waals surface area contributed by atoms with E-state index in [4.69, 9.17) is 9.47 Å². The molecule has 2 atom stereocenters. The molecule has 1 aliphatic heterocycles. The van der Waals surface area contributed by atoms with Crippen molar-refractivity contribution in [1.29, 1.82) is 0 Å². The molecule has 1 heterocycles. The maximum Gasteiger partial charge on any atom is 0.119 e. The molecule has 0 bridgehead atoms. The summed E-state index contributed by atoms with van der Waals surface area (Å²) in [7, 11) is 0.